The first kappa shape index (κ1) is 16.9. The van der Waals surface area contributed by atoms with Crippen molar-refractivity contribution in [1.29, 1.82) is 0 Å². The van der Waals surface area contributed by atoms with E-state index in [0.717, 1.165) is 10.0 Å². The van der Waals surface area contributed by atoms with Gasteiger partial charge in [-0.3, -0.25) is 4.79 Å². The molecule has 0 fully saturated rings. The molecule has 0 saturated carbocycles. The second-order valence-electron chi connectivity index (χ2n) is 5.29. The van der Waals surface area contributed by atoms with Crippen molar-refractivity contribution in [2.24, 2.45) is 0 Å². The Balaban J connectivity index is 2.21. The van der Waals surface area contributed by atoms with E-state index >= 15 is 0 Å². The Labute approximate surface area is 143 Å². The van der Waals surface area contributed by atoms with Crippen LogP contribution in [0.3, 0.4) is 0 Å². The number of rotatable bonds is 6. The Morgan fingerprint density at radius 1 is 1.09 bits per heavy atom. The van der Waals surface area contributed by atoms with Crippen LogP contribution in [0.5, 0.6) is 0 Å². The van der Waals surface area contributed by atoms with Gasteiger partial charge in [-0.25, -0.2) is 0 Å². The van der Waals surface area contributed by atoms with E-state index in [1.54, 1.807) is 25.1 Å². The van der Waals surface area contributed by atoms with Gasteiger partial charge in [-0.05, 0) is 42.7 Å². The zero-order valence-electron chi connectivity index (χ0n) is 12.2. The fourth-order valence-electron chi connectivity index (χ4n) is 2.39. The summed E-state index contributed by atoms with van der Waals surface area (Å²) in [4.78, 5) is 24.0. The standard InChI is InChI=1S/C18H16BrClO2/c1-12(21)9-15(14-3-2-4-17(20)10-14)11-18(22)13-5-7-16(19)8-6-13/h2-8,10,15H,9,11H2,1H3/t15-/m0/s1. The molecular weight excluding hydrogens is 364 g/mol. The number of benzene rings is 2. The monoisotopic (exact) mass is 378 g/mol. The molecule has 2 nitrogen and oxygen atoms in total. The third-order valence-electron chi connectivity index (χ3n) is 3.45. The highest BCUT2D eigenvalue weighted by Crippen LogP contribution is 2.28. The number of Topliss-reactive ketones (excluding diaryl/α,β-unsaturated/α-hetero) is 2. The molecule has 22 heavy (non-hydrogen) atoms. The number of hydrogen-bond acceptors (Lipinski definition) is 2. The number of hydrogen-bond donors (Lipinski definition) is 0. The zero-order valence-corrected chi connectivity index (χ0v) is 14.5. The summed E-state index contributed by atoms with van der Waals surface area (Å²) in [7, 11) is 0. The largest absolute Gasteiger partial charge is 0.300 e. The molecule has 0 aliphatic rings. The van der Waals surface area contributed by atoms with Crippen molar-refractivity contribution in [3.63, 3.8) is 0 Å². The van der Waals surface area contributed by atoms with Gasteiger partial charge in [0.2, 0.25) is 0 Å². The van der Waals surface area contributed by atoms with E-state index in [1.807, 2.05) is 30.3 Å². The Morgan fingerprint density at radius 2 is 1.77 bits per heavy atom. The number of carbonyl (C=O) groups excluding carboxylic acids is 2. The average Bonchev–Trinajstić information content (AvgIpc) is 2.46. The zero-order chi connectivity index (χ0) is 16.1. The number of carbonyl (C=O) groups is 2. The van der Waals surface area contributed by atoms with Crippen LogP contribution in [0.25, 0.3) is 0 Å². The van der Waals surface area contributed by atoms with Crippen molar-refractivity contribution in [1.82, 2.24) is 0 Å². The van der Waals surface area contributed by atoms with Gasteiger partial charge in [0.1, 0.15) is 5.78 Å². The van der Waals surface area contributed by atoms with Gasteiger partial charge in [0.25, 0.3) is 0 Å². The summed E-state index contributed by atoms with van der Waals surface area (Å²) < 4.78 is 0.930. The van der Waals surface area contributed by atoms with Crippen molar-refractivity contribution in [2.45, 2.75) is 25.7 Å². The molecule has 1 atom stereocenters. The van der Waals surface area contributed by atoms with Gasteiger partial charge in [-0.1, -0.05) is 51.8 Å². The first-order valence-corrected chi connectivity index (χ1v) is 8.16. The highest BCUT2D eigenvalue weighted by molar-refractivity contribution is 9.10. The minimum atomic E-state index is -0.146. The maximum Gasteiger partial charge on any atom is 0.163 e. The average molecular weight is 380 g/mol. The van der Waals surface area contributed by atoms with Crippen LogP contribution in [0.1, 0.15) is 41.6 Å². The Hall–Kier alpha value is -1.45. The van der Waals surface area contributed by atoms with Gasteiger partial charge in [-0.2, -0.15) is 0 Å². The fraction of sp³-hybridized carbons (Fsp3) is 0.222. The van der Waals surface area contributed by atoms with Crippen molar-refractivity contribution >= 4 is 39.1 Å². The smallest absolute Gasteiger partial charge is 0.163 e. The van der Waals surface area contributed by atoms with Crippen molar-refractivity contribution in [3.05, 3.63) is 69.2 Å². The molecule has 0 aliphatic carbocycles. The van der Waals surface area contributed by atoms with Crippen LogP contribution in [0, 0.1) is 0 Å². The van der Waals surface area contributed by atoms with Crippen LogP contribution in [-0.2, 0) is 4.79 Å². The Bertz CT molecular complexity index is 680. The SMILES string of the molecule is CC(=O)C[C@@H](CC(=O)c1ccc(Br)cc1)c1cccc(Cl)c1. The van der Waals surface area contributed by atoms with Gasteiger partial charge >= 0.3 is 0 Å². The maximum absolute atomic E-state index is 12.4. The highest BCUT2D eigenvalue weighted by atomic mass is 79.9. The molecule has 0 aliphatic heterocycles. The first-order valence-electron chi connectivity index (χ1n) is 6.99. The molecular formula is C18H16BrClO2. The molecule has 0 unspecified atom stereocenters. The molecule has 0 amide bonds. The van der Waals surface area contributed by atoms with E-state index in [4.69, 9.17) is 11.6 Å². The molecule has 0 saturated heterocycles. The Kier molecular flexibility index (Phi) is 5.92. The summed E-state index contributed by atoms with van der Waals surface area (Å²) >= 11 is 9.37. The normalized spacial score (nSPS) is 12.0. The summed E-state index contributed by atoms with van der Waals surface area (Å²) in [5.41, 5.74) is 1.58. The third kappa shape index (κ3) is 4.79. The number of halogens is 2. The lowest BCUT2D eigenvalue weighted by molar-refractivity contribution is -0.117. The molecule has 2 rings (SSSR count). The molecule has 0 N–H and O–H groups in total. The van der Waals surface area contributed by atoms with Crippen molar-refractivity contribution in [3.8, 4) is 0 Å². The summed E-state index contributed by atoms with van der Waals surface area (Å²) in [5, 5.41) is 0.613. The van der Waals surface area contributed by atoms with Crippen LogP contribution in [0.15, 0.2) is 53.0 Å². The molecule has 4 heteroatoms. The molecule has 0 aromatic heterocycles. The molecule has 0 spiro atoms. The van der Waals surface area contributed by atoms with Gasteiger partial charge in [0.15, 0.2) is 5.78 Å². The molecule has 0 radical (unpaired) electrons. The highest BCUT2D eigenvalue weighted by Gasteiger charge is 2.19. The van der Waals surface area contributed by atoms with Gasteiger partial charge in [0, 0.05) is 27.9 Å². The summed E-state index contributed by atoms with van der Waals surface area (Å²) in [5.74, 6) is -0.0559. The van der Waals surface area contributed by atoms with Crippen LogP contribution in [0.2, 0.25) is 5.02 Å². The predicted molar refractivity (Wildman–Crippen MR) is 92.6 cm³/mol. The van der Waals surface area contributed by atoms with E-state index in [2.05, 4.69) is 15.9 Å². The maximum atomic E-state index is 12.4. The minimum Gasteiger partial charge on any atom is -0.300 e. The van der Waals surface area contributed by atoms with Crippen molar-refractivity contribution < 1.29 is 9.59 Å². The van der Waals surface area contributed by atoms with E-state index in [1.165, 1.54) is 0 Å². The lowest BCUT2D eigenvalue weighted by Crippen LogP contribution is -2.11. The molecule has 114 valence electrons. The third-order valence-corrected chi connectivity index (χ3v) is 4.22. The lowest BCUT2D eigenvalue weighted by Gasteiger charge is -2.16. The molecule has 2 aromatic rings. The van der Waals surface area contributed by atoms with Gasteiger partial charge in [-0.15, -0.1) is 0 Å². The first-order chi connectivity index (χ1) is 10.5. The minimum absolute atomic E-state index is 0.0266. The van der Waals surface area contributed by atoms with Crippen LogP contribution >= 0.6 is 27.5 Å². The van der Waals surface area contributed by atoms with E-state index in [-0.39, 0.29) is 17.5 Å². The summed E-state index contributed by atoms with van der Waals surface area (Å²) in [6.07, 6.45) is 0.629. The van der Waals surface area contributed by atoms with Crippen molar-refractivity contribution in [2.75, 3.05) is 0 Å². The number of ketones is 2. The lowest BCUT2D eigenvalue weighted by atomic mass is 9.88. The van der Waals surface area contributed by atoms with E-state index in [9.17, 15) is 9.59 Å². The summed E-state index contributed by atoms with van der Waals surface area (Å²) in [6.45, 7) is 1.54. The molecule has 0 heterocycles. The van der Waals surface area contributed by atoms with Crippen LogP contribution < -0.4 is 0 Å². The molecule has 2 aromatic carbocycles. The van der Waals surface area contributed by atoms with Gasteiger partial charge < -0.3 is 4.79 Å². The van der Waals surface area contributed by atoms with Crippen LogP contribution in [-0.4, -0.2) is 11.6 Å². The van der Waals surface area contributed by atoms with Gasteiger partial charge in [0.05, 0.1) is 0 Å². The quantitative estimate of drug-likeness (QED) is 0.626. The second kappa shape index (κ2) is 7.70. The Morgan fingerprint density at radius 3 is 2.36 bits per heavy atom. The van der Waals surface area contributed by atoms with E-state index < -0.39 is 0 Å². The topological polar surface area (TPSA) is 34.1 Å². The fourth-order valence-corrected chi connectivity index (χ4v) is 2.86. The van der Waals surface area contributed by atoms with E-state index in [0.29, 0.717) is 23.4 Å². The summed E-state index contributed by atoms with van der Waals surface area (Å²) in [6, 6.07) is 14.6. The van der Waals surface area contributed by atoms with Crippen LogP contribution in [0.4, 0.5) is 0 Å². The second-order valence-corrected chi connectivity index (χ2v) is 6.64. The predicted octanol–water partition coefficient (Wildman–Crippen LogP) is 5.44. The molecule has 0 bridgehead atoms.